The van der Waals surface area contributed by atoms with Gasteiger partial charge in [0, 0.05) is 18.3 Å². The van der Waals surface area contributed by atoms with E-state index in [1.807, 2.05) is 0 Å². The second kappa shape index (κ2) is 10.1. The number of aliphatic hydroxyl groups excluding tert-OH is 1. The summed E-state index contributed by atoms with van der Waals surface area (Å²) in [6.07, 6.45) is -0.943. The molecule has 4 rings (SSSR count). The van der Waals surface area contributed by atoms with E-state index in [0.717, 1.165) is 12.1 Å². The summed E-state index contributed by atoms with van der Waals surface area (Å²) in [7, 11) is 0. The molecule has 0 aliphatic carbocycles. The zero-order chi connectivity index (χ0) is 25.3. The number of nitrogens with one attached hydrogen (secondary N) is 1. The van der Waals surface area contributed by atoms with Crippen LogP contribution in [0.15, 0.2) is 42.5 Å². The molecular weight excluding hydrogens is 478 g/mol. The van der Waals surface area contributed by atoms with E-state index in [1.165, 1.54) is 35.2 Å². The van der Waals surface area contributed by atoms with Crippen LogP contribution in [-0.4, -0.2) is 51.3 Å². The van der Waals surface area contributed by atoms with Crippen LogP contribution in [0, 0.1) is 30.9 Å². The maximum atomic E-state index is 14.1. The molecule has 2 unspecified atom stereocenters. The molecule has 1 aromatic heterocycles. The molecule has 1 amide bonds. The van der Waals surface area contributed by atoms with Gasteiger partial charge in [0.05, 0.1) is 41.0 Å². The Hall–Kier alpha value is -3.43. The summed E-state index contributed by atoms with van der Waals surface area (Å²) in [5, 5.41) is 18.7. The van der Waals surface area contributed by atoms with Gasteiger partial charge in [-0.3, -0.25) is 4.79 Å². The highest BCUT2D eigenvalue weighted by atomic mass is 35.5. The Kier molecular flexibility index (Phi) is 7.09. The summed E-state index contributed by atoms with van der Waals surface area (Å²) in [6, 6.07) is 8.83. The number of aliphatic hydroxyl groups is 1. The van der Waals surface area contributed by atoms with E-state index in [1.54, 1.807) is 13.8 Å². The number of benzene rings is 2. The van der Waals surface area contributed by atoms with Crippen LogP contribution in [0.25, 0.3) is 0 Å². The molecule has 0 bridgehead atoms. The quantitative estimate of drug-likeness (QED) is 0.522. The first-order valence-corrected chi connectivity index (χ1v) is 11.3. The molecule has 2 N–H and O–H groups in total. The van der Waals surface area contributed by atoms with Crippen molar-refractivity contribution in [2.75, 3.05) is 19.7 Å². The zero-order valence-electron chi connectivity index (χ0n) is 19.1. The van der Waals surface area contributed by atoms with Crippen molar-refractivity contribution < 1.29 is 23.4 Å². The first-order valence-electron chi connectivity index (χ1n) is 10.9. The fraction of sp³-hybridized carbons (Fsp3) is 0.280. The Bertz CT molecular complexity index is 1260. The molecule has 3 aromatic rings. The lowest BCUT2D eigenvalue weighted by molar-refractivity contribution is 0.0775. The summed E-state index contributed by atoms with van der Waals surface area (Å²) >= 11 is 6.16. The summed E-state index contributed by atoms with van der Waals surface area (Å²) in [6.45, 7) is 3.24. The van der Waals surface area contributed by atoms with Crippen LogP contribution in [0.1, 0.15) is 45.2 Å². The lowest BCUT2D eigenvalue weighted by atomic mass is 10.1. The maximum absolute atomic E-state index is 14.1. The Morgan fingerprint density at radius 1 is 1.17 bits per heavy atom. The van der Waals surface area contributed by atoms with Crippen molar-refractivity contribution in [1.29, 1.82) is 5.41 Å². The largest absolute Gasteiger partial charge is 0.482 e. The maximum Gasteiger partial charge on any atom is 0.257 e. The molecule has 182 valence electrons. The van der Waals surface area contributed by atoms with E-state index < -0.39 is 36.2 Å². The van der Waals surface area contributed by atoms with E-state index in [9.17, 15) is 18.7 Å². The number of halogens is 3. The molecule has 1 aliphatic rings. The Morgan fingerprint density at radius 2 is 1.80 bits per heavy atom. The van der Waals surface area contributed by atoms with E-state index in [4.69, 9.17) is 21.7 Å². The molecule has 2 atom stereocenters. The minimum absolute atomic E-state index is 0.0474. The number of hydrogen-bond donors (Lipinski definition) is 2. The van der Waals surface area contributed by atoms with Gasteiger partial charge in [0.1, 0.15) is 29.3 Å². The van der Waals surface area contributed by atoms with Gasteiger partial charge in [0.15, 0.2) is 0 Å². The third-order valence-electron chi connectivity index (χ3n) is 5.83. The van der Waals surface area contributed by atoms with Crippen molar-refractivity contribution >= 4 is 23.2 Å². The van der Waals surface area contributed by atoms with Crippen molar-refractivity contribution in [3.8, 4) is 5.75 Å². The van der Waals surface area contributed by atoms with Crippen molar-refractivity contribution in [3.63, 3.8) is 0 Å². The van der Waals surface area contributed by atoms with Crippen molar-refractivity contribution in [2.45, 2.75) is 25.9 Å². The lowest BCUT2D eigenvalue weighted by Crippen LogP contribution is -2.30. The zero-order valence-corrected chi connectivity index (χ0v) is 19.8. The number of rotatable bonds is 6. The fourth-order valence-corrected chi connectivity index (χ4v) is 4.05. The van der Waals surface area contributed by atoms with Crippen LogP contribution >= 0.6 is 11.6 Å². The van der Waals surface area contributed by atoms with Crippen LogP contribution in [-0.2, 0) is 0 Å². The number of ether oxygens (including phenoxy) is 1. The first kappa shape index (κ1) is 24.7. The van der Waals surface area contributed by atoms with Crippen LogP contribution < -0.4 is 4.74 Å². The predicted molar refractivity (Wildman–Crippen MR) is 126 cm³/mol. The van der Waals surface area contributed by atoms with Crippen molar-refractivity contribution in [1.82, 2.24) is 14.9 Å². The molecule has 7 nitrogen and oxygen atoms in total. The molecule has 1 aliphatic heterocycles. The predicted octanol–water partition coefficient (Wildman–Crippen LogP) is 4.40. The fourth-order valence-electron chi connectivity index (χ4n) is 3.97. The van der Waals surface area contributed by atoms with Crippen molar-refractivity contribution in [3.05, 3.63) is 87.5 Å². The molecule has 10 heteroatoms. The smallest absolute Gasteiger partial charge is 0.257 e. The number of amides is 1. The van der Waals surface area contributed by atoms with Gasteiger partial charge < -0.3 is 20.2 Å². The second-order valence-corrected chi connectivity index (χ2v) is 8.69. The van der Waals surface area contributed by atoms with Gasteiger partial charge in [0.2, 0.25) is 0 Å². The average Bonchev–Trinajstić information content (AvgIpc) is 3.22. The monoisotopic (exact) mass is 500 g/mol. The highest BCUT2D eigenvalue weighted by molar-refractivity contribution is 6.31. The van der Waals surface area contributed by atoms with Crippen LogP contribution in [0.5, 0.6) is 5.75 Å². The molecule has 0 spiro atoms. The summed E-state index contributed by atoms with van der Waals surface area (Å²) in [4.78, 5) is 23.6. The SMILES string of the molecule is Cc1nc(C2CN(C(=O)c3ccc(F)cc3OC(CO)c3ccc(F)cc3)CC2=N)nc(C)c1Cl. The lowest BCUT2D eigenvalue weighted by Gasteiger charge is -2.22. The number of aromatic nitrogens is 2. The van der Waals surface area contributed by atoms with Gasteiger partial charge in [-0.15, -0.1) is 0 Å². The van der Waals surface area contributed by atoms with Crippen LogP contribution in [0.4, 0.5) is 8.78 Å². The average molecular weight is 501 g/mol. The van der Waals surface area contributed by atoms with E-state index >= 15 is 0 Å². The van der Waals surface area contributed by atoms with Crippen LogP contribution in [0.3, 0.4) is 0 Å². The Balaban J connectivity index is 1.59. The molecule has 0 radical (unpaired) electrons. The minimum atomic E-state index is -0.943. The third kappa shape index (κ3) is 5.16. The van der Waals surface area contributed by atoms with E-state index in [0.29, 0.717) is 27.8 Å². The van der Waals surface area contributed by atoms with Crippen molar-refractivity contribution in [2.24, 2.45) is 0 Å². The highest BCUT2D eigenvalue weighted by Gasteiger charge is 2.36. The van der Waals surface area contributed by atoms with Gasteiger partial charge in [-0.05, 0) is 43.7 Å². The first-order chi connectivity index (χ1) is 16.7. The number of carbonyl (C=O) groups is 1. The van der Waals surface area contributed by atoms with Gasteiger partial charge in [-0.1, -0.05) is 23.7 Å². The normalized spacial score (nSPS) is 16.5. The molecule has 2 heterocycles. The second-order valence-electron chi connectivity index (χ2n) is 8.31. The molecule has 1 saturated heterocycles. The molecule has 0 saturated carbocycles. The topological polar surface area (TPSA) is 99.4 Å². The van der Waals surface area contributed by atoms with E-state index in [2.05, 4.69) is 9.97 Å². The van der Waals surface area contributed by atoms with Gasteiger partial charge in [-0.25, -0.2) is 18.7 Å². The van der Waals surface area contributed by atoms with Gasteiger partial charge in [0.25, 0.3) is 5.91 Å². The van der Waals surface area contributed by atoms with Gasteiger partial charge in [-0.2, -0.15) is 0 Å². The number of nitrogens with zero attached hydrogens (tertiary/aromatic N) is 3. The highest BCUT2D eigenvalue weighted by Crippen LogP contribution is 2.31. The number of carbonyl (C=O) groups excluding carboxylic acids is 1. The minimum Gasteiger partial charge on any atom is -0.482 e. The molecule has 1 fully saturated rings. The Morgan fingerprint density at radius 3 is 2.43 bits per heavy atom. The summed E-state index contributed by atoms with van der Waals surface area (Å²) in [5.74, 6) is -1.69. The van der Waals surface area contributed by atoms with Crippen LogP contribution in [0.2, 0.25) is 5.02 Å². The standard InChI is InChI=1S/C25H23ClF2N4O3/c1-13-23(26)14(2)31-24(30-13)19-10-32(11-20(19)29)25(34)18-8-7-17(28)9-21(18)35-22(12-33)15-3-5-16(27)6-4-15/h3-9,19,22,29,33H,10-12H2,1-2H3. The number of aryl methyl sites for hydroxylation is 2. The molecule has 35 heavy (non-hydrogen) atoms. The third-order valence-corrected chi connectivity index (χ3v) is 6.38. The number of likely N-dealkylation sites (tertiary alicyclic amines) is 1. The summed E-state index contributed by atoms with van der Waals surface area (Å²) < 4.78 is 33.2. The number of hydrogen-bond acceptors (Lipinski definition) is 6. The van der Waals surface area contributed by atoms with E-state index in [-0.39, 0.29) is 30.1 Å². The Labute approximate surface area is 205 Å². The van der Waals surface area contributed by atoms with Gasteiger partial charge >= 0.3 is 0 Å². The summed E-state index contributed by atoms with van der Waals surface area (Å²) in [5.41, 5.74) is 1.99. The molecular formula is C25H23ClF2N4O3. The molecule has 2 aromatic carbocycles.